The summed E-state index contributed by atoms with van der Waals surface area (Å²) in [7, 11) is 0. The number of rotatable bonds is 7. The first-order valence-corrected chi connectivity index (χ1v) is 8.01. The lowest BCUT2D eigenvalue weighted by atomic mass is 10.1. The Hall–Kier alpha value is -3.37. The molecule has 0 spiro atoms. The Morgan fingerprint density at radius 1 is 1.19 bits per heavy atom. The van der Waals surface area contributed by atoms with Crippen LogP contribution in [0.25, 0.3) is 0 Å². The van der Waals surface area contributed by atoms with Crippen molar-refractivity contribution in [1.82, 2.24) is 0 Å². The fraction of sp³-hybridized carbons (Fsp3) is 0.211. The molecule has 0 aliphatic carbocycles. The normalized spacial score (nSPS) is 11.1. The molecule has 2 rings (SSSR count). The highest BCUT2D eigenvalue weighted by Gasteiger charge is 2.20. The van der Waals surface area contributed by atoms with Crippen molar-refractivity contribution in [3.8, 4) is 6.07 Å². The van der Waals surface area contributed by atoms with Gasteiger partial charge >= 0.3 is 5.97 Å². The lowest BCUT2D eigenvalue weighted by Crippen LogP contribution is -2.30. The van der Waals surface area contributed by atoms with E-state index in [0.29, 0.717) is 23.5 Å². The number of nitrogens with one attached hydrogen (secondary N) is 2. The average Bonchev–Trinajstić information content (AvgIpc) is 2.67. The van der Waals surface area contributed by atoms with Crippen LogP contribution >= 0.6 is 0 Å². The predicted molar refractivity (Wildman–Crippen MR) is 96.7 cm³/mol. The Bertz CT molecular complexity index is 812. The van der Waals surface area contributed by atoms with Gasteiger partial charge < -0.3 is 20.5 Å². The summed E-state index contributed by atoms with van der Waals surface area (Å²) in [4.78, 5) is 24.5. The SMILES string of the molecule is C[C@@H](OC(=O)c1ccccc1NCCO)C(=O)Nc1ccc(C#N)cc1. The van der Waals surface area contributed by atoms with Gasteiger partial charge in [-0.25, -0.2) is 4.79 Å². The number of carbonyl (C=O) groups is 2. The van der Waals surface area contributed by atoms with Crippen molar-refractivity contribution in [2.75, 3.05) is 23.8 Å². The number of ether oxygens (including phenoxy) is 1. The van der Waals surface area contributed by atoms with Crippen molar-refractivity contribution in [1.29, 1.82) is 5.26 Å². The molecule has 1 amide bonds. The maximum absolute atomic E-state index is 12.3. The molecule has 0 aromatic heterocycles. The number of nitrogens with zero attached hydrogens (tertiary/aromatic N) is 1. The Kier molecular flexibility index (Phi) is 6.71. The summed E-state index contributed by atoms with van der Waals surface area (Å²) < 4.78 is 5.23. The van der Waals surface area contributed by atoms with Crippen LogP contribution in [0.3, 0.4) is 0 Å². The van der Waals surface area contributed by atoms with Crippen molar-refractivity contribution < 1.29 is 19.4 Å². The van der Waals surface area contributed by atoms with Gasteiger partial charge in [-0.15, -0.1) is 0 Å². The van der Waals surface area contributed by atoms with E-state index in [0.717, 1.165) is 0 Å². The molecule has 7 nitrogen and oxygen atoms in total. The van der Waals surface area contributed by atoms with Crippen molar-refractivity contribution in [2.45, 2.75) is 13.0 Å². The summed E-state index contributed by atoms with van der Waals surface area (Å²) in [6.07, 6.45) is -1.01. The summed E-state index contributed by atoms with van der Waals surface area (Å²) in [6, 6.07) is 15.0. The summed E-state index contributed by atoms with van der Waals surface area (Å²) in [5, 5.41) is 23.2. The van der Waals surface area contributed by atoms with Gasteiger partial charge in [0.2, 0.25) is 0 Å². The number of aliphatic hydroxyl groups is 1. The maximum atomic E-state index is 12.3. The topological polar surface area (TPSA) is 111 Å². The molecule has 7 heteroatoms. The summed E-state index contributed by atoms with van der Waals surface area (Å²) in [5.74, 6) is -1.13. The van der Waals surface area contributed by atoms with Crippen molar-refractivity contribution in [3.05, 3.63) is 59.7 Å². The fourth-order valence-electron chi connectivity index (χ4n) is 2.16. The van der Waals surface area contributed by atoms with Crippen LogP contribution in [0.15, 0.2) is 48.5 Å². The first-order chi connectivity index (χ1) is 12.5. The third kappa shape index (κ3) is 5.06. The number of carbonyl (C=O) groups excluding carboxylic acids is 2. The number of para-hydroxylation sites is 1. The molecule has 0 radical (unpaired) electrons. The van der Waals surface area contributed by atoms with E-state index in [9.17, 15) is 9.59 Å². The lowest BCUT2D eigenvalue weighted by Gasteiger charge is -2.15. The molecule has 0 fully saturated rings. The number of anilines is 2. The van der Waals surface area contributed by atoms with Crippen LogP contribution < -0.4 is 10.6 Å². The molecule has 3 N–H and O–H groups in total. The number of amides is 1. The zero-order valence-corrected chi connectivity index (χ0v) is 14.2. The Morgan fingerprint density at radius 3 is 2.54 bits per heavy atom. The minimum Gasteiger partial charge on any atom is -0.449 e. The average molecular weight is 353 g/mol. The molecule has 134 valence electrons. The highest BCUT2D eigenvalue weighted by atomic mass is 16.5. The second kappa shape index (κ2) is 9.20. The standard InChI is InChI=1S/C19H19N3O4/c1-13(18(24)22-15-8-6-14(12-20)7-9-15)26-19(25)16-4-2-3-5-17(16)21-10-11-23/h2-9,13,21,23H,10-11H2,1H3,(H,22,24)/t13-/m1/s1. The molecular weight excluding hydrogens is 334 g/mol. The van der Waals surface area contributed by atoms with Crippen LogP contribution in [-0.2, 0) is 9.53 Å². The lowest BCUT2D eigenvalue weighted by molar-refractivity contribution is -0.123. The third-order valence-electron chi connectivity index (χ3n) is 3.51. The molecular formula is C19H19N3O4. The Morgan fingerprint density at radius 2 is 1.88 bits per heavy atom. The van der Waals surface area contributed by atoms with Gasteiger partial charge in [0.1, 0.15) is 0 Å². The largest absolute Gasteiger partial charge is 0.449 e. The van der Waals surface area contributed by atoms with Gasteiger partial charge in [0.25, 0.3) is 5.91 Å². The summed E-state index contributed by atoms with van der Waals surface area (Å²) in [5.41, 5.74) is 1.78. The number of hydrogen-bond acceptors (Lipinski definition) is 6. The van der Waals surface area contributed by atoms with Gasteiger partial charge in [0.05, 0.1) is 23.8 Å². The fourth-order valence-corrected chi connectivity index (χ4v) is 2.16. The van der Waals surface area contributed by atoms with Crippen LogP contribution in [0.2, 0.25) is 0 Å². The van der Waals surface area contributed by atoms with Gasteiger partial charge in [0, 0.05) is 17.9 Å². The number of nitriles is 1. The first kappa shape index (κ1) is 19.0. The predicted octanol–water partition coefficient (Wildman–Crippen LogP) is 2.15. The molecule has 0 saturated carbocycles. The molecule has 0 aliphatic rings. The molecule has 0 saturated heterocycles. The summed E-state index contributed by atoms with van der Waals surface area (Å²) in [6.45, 7) is 1.69. The monoisotopic (exact) mass is 353 g/mol. The second-order valence-electron chi connectivity index (χ2n) is 5.42. The highest BCUT2D eigenvalue weighted by molar-refractivity contribution is 5.99. The second-order valence-corrected chi connectivity index (χ2v) is 5.42. The number of benzene rings is 2. The van der Waals surface area contributed by atoms with Crippen molar-refractivity contribution >= 4 is 23.3 Å². The van der Waals surface area contributed by atoms with E-state index in [2.05, 4.69) is 10.6 Å². The van der Waals surface area contributed by atoms with Crippen molar-refractivity contribution in [2.24, 2.45) is 0 Å². The van der Waals surface area contributed by atoms with E-state index >= 15 is 0 Å². The number of esters is 1. The van der Waals surface area contributed by atoms with E-state index in [1.165, 1.54) is 6.92 Å². The van der Waals surface area contributed by atoms with Crippen molar-refractivity contribution in [3.63, 3.8) is 0 Å². The highest BCUT2D eigenvalue weighted by Crippen LogP contribution is 2.17. The smallest absolute Gasteiger partial charge is 0.341 e. The van der Waals surface area contributed by atoms with Gasteiger partial charge in [-0.1, -0.05) is 12.1 Å². The molecule has 0 bridgehead atoms. The molecule has 2 aromatic carbocycles. The zero-order chi connectivity index (χ0) is 18.9. The first-order valence-electron chi connectivity index (χ1n) is 8.01. The zero-order valence-electron chi connectivity index (χ0n) is 14.2. The van der Waals surface area contributed by atoms with Gasteiger partial charge in [-0.2, -0.15) is 5.26 Å². The number of hydrogen-bond donors (Lipinski definition) is 3. The number of aliphatic hydroxyl groups excluding tert-OH is 1. The Balaban J connectivity index is 1.99. The molecule has 0 aliphatic heterocycles. The van der Waals surface area contributed by atoms with Crippen LogP contribution in [-0.4, -0.2) is 36.2 Å². The molecule has 1 atom stereocenters. The van der Waals surface area contributed by atoms with E-state index < -0.39 is 18.0 Å². The Labute approximate surface area is 151 Å². The van der Waals surface area contributed by atoms with Gasteiger partial charge in [-0.3, -0.25) is 4.79 Å². The van der Waals surface area contributed by atoms with Crippen LogP contribution in [0.4, 0.5) is 11.4 Å². The third-order valence-corrected chi connectivity index (χ3v) is 3.51. The molecule has 26 heavy (non-hydrogen) atoms. The van der Waals surface area contributed by atoms with E-state index in [4.69, 9.17) is 15.1 Å². The minimum absolute atomic E-state index is 0.0766. The van der Waals surface area contributed by atoms with Gasteiger partial charge in [0.15, 0.2) is 6.10 Å². The van der Waals surface area contributed by atoms with E-state index in [1.807, 2.05) is 6.07 Å². The van der Waals surface area contributed by atoms with Crippen LogP contribution in [0, 0.1) is 11.3 Å². The molecule has 0 unspecified atom stereocenters. The minimum atomic E-state index is -1.01. The van der Waals surface area contributed by atoms with Crippen LogP contribution in [0.1, 0.15) is 22.8 Å². The molecule has 0 heterocycles. The quantitative estimate of drug-likeness (QED) is 0.658. The molecule has 2 aromatic rings. The summed E-state index contributed by atoms with van der Waals surface area (Å²) >= 11 is 0. The van der Waals surface area contributed by atoms with Gasteiger partial charge in [-0.05, 0) is 43.3 Å². The van der Waals surface area contributed by atoms with Crippen LogP contribution in [0.5, 0.6) is 0 Å². The van der Waals surface area contributed by atoms with E-state index in [-0.39, 0.29) is 12.2 Å². The van der Waals surface area contributed by atoms with E-state index in [1.54, 1.807) is 48.5 Å². The maximum Gasteiger partial charge on any atom is 0.341 e.